The minimum absolute atomic E-state index is 0.0430. The van der Waals surface area contributed by atoms with Crippen LogP contribution in [0.5, 0.6) is 0 Å². The van der Waals surface area contributed by atoms with Gasteiger partial charge in [0.2, 0.25) is 0 Å². The van der Waals surface area contributed by atoms with Crippen LogP contribution in [0.25, 0.3) is 0 Å². The van der Waals surface area contributed by atoms with Gasteiger partial charge in [0.25, 0.3) is 0 Å². The fourth-order valence-corrected chi connectivity index (χ4v) is 4.77. The van der Waals surface area contributed by atoms with Crippen molar-refractivity contribution in [2.24, 2.45) is 0 Å². The number of carbonyl (C=O) groups excluding carboxylic acids is 2. The molecular formula is C34H48Br2N2O4. The van der Waals surface area contributed by atoms with Gasteiger partial charge < -0.3 is 20.1 Å². The highest BCUT2D eigenvalue weighted by atomic mass is 79.9. The summed E-state index contributed by atoms with van der Waals surface area (Å²) >= 11 is 6.86. The SMILES string of the molecule is C=C[C@H](c1ccc(Br)cc1)[C@@H](CC)NC(=O)OC(C)(C)C.C=C[C@H](c1ccc(Br)cc1)[C@@H](CC)NC(=O)OC(C)(C)C. The predicted molar refractivity (Wildman–Crippen MR) is 181 cm³/mol. The summed E-state index contributed by atoms with van der Waals surface area (Å²) in [6, 6.07) is 16.0. The van der Waals surface area contributed by atoms with Crippen LogP contribution < -0.4 is 10.6 Å². The van der Waals surface area contributed by atoms with E-state index in [0.29, 0.717) is 0 Å². The molecule has 2 amide bonds. The largest absolute Gasteiger partial charge is 0.444 e. The topological polar surface area (TPSA) is 76.7 Å². The summed E-state index contributed by atoms with van der Waals surface area (Å²) in [5.41, 5.74) is 1.25. The zero-order valence-corrected chi connectivity index (χ0v) is 29.5. The van der Waals surface area contributed by atoms with Crippen LogP contribution >= 0.6 is 31.9 Å². The third-order valence-corrected chi connectivity index (χ3v) is 7.23. The van der Waals surface area contributed by atoms with E-state index < -0.39 is 23.4 Å². The number of hydrogen-bond acceptors (Lipinski definition) is 4. The summed E-state index contributed by atoms with van der Waals surface area (Å²) < 4.78 is 12.7. The second-order valence-corrected chi connectivity index (χ2v) is 13.8. The molecular weight excluding hydrogens is 660 g/mol. The number of halogens is 2. The van der Waals surface area contributed by atoms with E-state index in [1.165, 1.54) is 0 Å². The molecule has 0 radical (unpaired) electrons. The van der Waals surface area contributed by atoms with E-state index >= 15 is 0 Å². The fraction of sp³-hybridized carbons (Fsp3) is 0.471. The summed E-state index contributed by atoms with van der Waals surface area (Å²) in [7, 11) is 0. The molecule has 232 valence electrons. The second kappa shape index (κ2) is 17.5. The van der Waals surface area contributed by atoms with Gasteiger partial charge in [0.15, 0.2) is 0 Å². The monoisotopic (exact) mass is 706 g/mol. The van der Waals surface area contributed by atoms with Crippen LogP contribution in [0.2, 0.25) is 0 Å². The van der Waals surface area contributed by atoms with Crippen molar-refractivity contribution in [1.82, 2.24) is 10.6 Å². The molecule has 2 aromatic carbocycles. The minimum Gasteiger partial charge on any atom is -0.444 e. The summed E-state index contributed by atoms with van der Waals surface area (Å²) in [4.78, 5) is 23.9. The maximum absolute atomic E-state index is 12.0. The van der Waals surface area contributed by atoms with Crippen molar-refractivity contribution in [2.45, 2.75) is 103 Å². The molecule has 0 aliphatic heterocycles. The Kier molecular flexibility index (Phi) is 15.6. The highest BCUT2D eigenvalue weighted by molar-refractivity contribution is 9.10. The maximum atomic E-state index is 12.0. The Balaban J connectivity index is 0.000000420. The highest BCUT2D eigenvalue weighted by Gasteiger charge is 2.25. The van der Waals surface area contributed by atoms with Crippen molar-refractivity contribution in [3.05, 3.63) is 93.9 Å². The maximum Gasteiger partial charge on any atom is 0.407 e. The molecule has 0 bridgehead atoms. The molecule has 2 rings (SSSR count). The molecule has 8 heteroatoms. The molecule has 0 unspecified atom stereocenters. The van der Waals surface area contributed by atoms with E-state index in [4.69, 9.17) is 9.47 Å². The van der Waals surface area contributed by atoms with Crippen LogP contribution in [-0.4, -0.2) is 35.5 Å². The van der Waals surface area contributed by atoms with Gasteiger partial charge in [-0.25, -0.2) is 9.59 Å². The van der Waals surface area contributed by atoms with Crippen LogP contribution in [0.4, 0.5) is 9.59 Å². The van der Waals surface area contributed by atoms with Crippen molar-refractivity contribution in [3.63, 3.8) is 0 Å². The quantitative estimate of drug-likeness (QED) is 0.241. The van der Waals surface area contributed by atoms with Gasteiger partial charge in [0.1, 0.15) is 11.2 Å². The Morgan fingerprint density at radius 3 is 1.19 bits per heavy atom. The smallest absolute Gasteiger partial charge is 0.407 e. The van der Waals surface area contributed by atoms with Gasteiger partial charge in [0, 0.05) is 32.9 Å². The van der Waals surface area contributed by atoms with Gasteiger partial charge >= 0.3 is 12.2 Å². The lowest BCUT2D eigenvalue weighted by atomic mass is 9.90. The number of rotatable bonds is 10. The number of ether oxygens (including phenoxy) is 2. The summed E-state index contributed by atoms with van der Waals surface area (Å²) in [6.45, 7) is 23.0. The lowest BCUT2D eigenvalue weighted by Crippen LogP contribution is -2.41. The lowest BCUT2D eigenvalue weighted by Gasteiger charge is -2.27. The Bertz CT molecular complexity index is 1040. The molecule has 6 nitrogen and oxygen atoms in total. The van der Waals surface area contributed by atoms with Crippen LogP contribution in [0, 0.1) is 0 Å². The summed E-state index contributed by atoms with van der Waals surface area (Å²) in [5, 5.41) is 5.89. The first-order valence-electron chi connectivity index (χ1n) is 14.3. The third kappa shape index (κ3) is 14.1. The molecule has 0 saturated carbocycles. The predicted octanol–water partition coefficient (Wildman–Crippen LogP) is 10.0. The van der Waals surface area contributed by atoms with Crippen LogP contribution in [-0.2, 0) is 9.47 Å². The van der Waals surface area contributed by atoms with E-state index in [2.05, 4.69) is 55.7 Å². The average molecular weight is 709 g/mol. The average Bonchev–Trinajstić information content (AvgIpc) is 2.88. The van der Waals surface area contributed by atoms with Crippen LogP contribution in [0.1, 0.15) is 91.2 Å². The molecule has 0 aliphatic carbocycles. The van der Waals surface area contributed by atoms with E-state index in [1.807, 2.05) is 116 Å². The molecule has 0 spiro atoms. The number of amides is 2. The van der Waals surface area contributed by atoms with Crippen molar-refractivity contribution < 1.29 is 19.1 Å². The van der Waals surface area contributed by atoms with Gasteiger partial charge in [-0.1, -0.05) is 82.1 Å². The van der Waals surface area contributed by atoms with Gasteiger partial charge in [0.05, 0.1) is 0 Å². The first kappa shape index (κ1) is 37.4. The van der Waals surface area contributed by atoms with Gasteiger partial charge in [-0.3, -0.25) is 0 Å². The van der Waals surface area contributed by atoms with Crippen LogP contribution in [0.3, 0.4) is 0 Å². The van der Waals surface area contributed by atoms with Crippen molar-refractivity contribution >= 4 is 44.0 Å². The Morgan fingerprint density at radius 2 is 0.976 bits per heavy atom. The Labute approximate surface area is 270 Å². The molecule has 0 fully saturated rings. The van der Waals surface area contributed by atoms with Crippen molar-refractivity contribution in [3.8, 4) is 0 Å². The molecule has 0 heterocycles. The van der Waals surface area contributed by atoms with E-state index in [-0.39, 0.29) is 23.9 Å². The molecule has 2 aromatic rings. The number of hydrogen-bond donors (Lipinski definition) is 2. The molecule has 4 atom stereocenters. The van der Waals surface area contributed by atoms with Gasteiger partial charge in [-0.05, 0) is 89.8 Å². The normalized spacial score (nSPS) is 14.1. The van der Waals surface area contributed by atoms with E-state index in [9.17, 15) is 9.59 Å². The van der Waals surface area contributed by atoms with Gasteiger partial charge in [-0.15, -0.1) is 13.2 Å². The Morgan fingerprint density at radius 1 is 0.690 bits per heavy atom. The molecule has 0 aromatic heterocycles. The van der Waals surface area contributed by atoms with E-state index in [1.54, 1.807) is 0 Å². The molecule has 2 N–H and O–H groups in total. The third-order valence-electron chi connectivity index (χ3n) is 6.17. The van der Waals surface area contributed by atoms with Crippen molar-refractivity contribution in [1.29, 1.82) is 0 Å². The number of alkyl carbamates (subject to hydrolysis) is 2. The van der Waals surface area contributed by atoms with Crippen LogP contribution in [0.15, 0.2) is 82.8 Å². The zero-order valence-electron chi connectivity index (χ0n) is 26.3. The number of carbonyl (C=O) groups is 2. The minimum atomic E-state index is -0.496. The second-order valence-electron chi connectivity index (χ2n) is 11.9. The standard InChI is InChI=1S/2C17H24BrNO2/c2*1-6-14(12-8-10-13(18)11-9-12)15(7-2)19-16(20)21-17(3,4)5/h2*6,8-11,14-15H,1,7H2,2-5H3,(H,19,20)/t2*14-,15-/m11/s1. The summed E-state index contributed by atoms with van der Waals surface area (Å²) in [6.07, 6.45) is 4.55. The first-order valence-corrected chi connectivity index (χ1v) is 15.9. The van der Waals surface area contributed by atoms with Crippen molar-refractivity contribution in [2.75, 3.05) is 0 Å². The fourth-order valence-electron chi connectivity index (χ4n) is 4.24. The number of benzene rings is 2. The summed E-state index contributed by atoms with van der Waals surface area (Å²) in [5.74, 6) is 0.103. The lowest BCUT2D eigenvalue weighted by molar-refractivity contribution is 0.0487. The highest BCUT2D eigenvalue weighted by Crippen LogP contribution is 2.26. The Hall–Kier alpha value is -2.58. The van der Waals surface area contributed by atoms with E-state index in [0.717, 1.165) is 32.9 Å². The molecule has 42 heavy (non-hydrogen) atoms. The zero-order chi connectivity index (χ0) is 32.1. The number of nitrogens with one attached hydrogen (secondary N) is 2. The van der Waals surface area contributed by atoms with Gasteiger partial charge in [-0.2, -0.15) is 0 Å². The first-order chi connectivity index (χ1) is 19.5. The molecule has 0 saturated heterocycles. The molecule has 0 aliphatic rings.